The standard InChI is InChI=1S/C18H21O5P/c1-2-16(13-14-19)15-21-24(20,22-17-9-5-3-6-10-17)23-18-11-7-4-8-12-18/h3-12,14,16H,2,13,15H2,1H3. The Morgan fingerprint density at radius 1 is 0.958 bits per heavy atom. The molecule has 24 heavy (non-hydrogen) atoms. The van der Waals surface area contributed by atoms with Crippen molar-refractivity contribution in [2.24, 2.45) is 5.92 Å². The highest BCUT2D eigenvalue weighted by Gasteiger charge is 2.31. The number of phosphoric ester groups is 1. The van der Waals surface area contributed by atoms with Crippen molar-refractivity contribution >= 4 is 14.1 Å². The lowest BCUT2D eigenvalue weighted by atomic mass is 10.1. The molecular weight excluding hydrogens is 327 g/mol. The zero-order valence-electron chi connectivity index (χ0n) is 13.5. The van der Waals surface area contributed by atoms with Gasteiger partial charge in [0, 0.05) is 6.42 Å². The van der Waals surface area contributed by atoms with Gasteiger partial charge >= 0.3 is 7.82 Å². The molecule has 0 spiro atoms. The maximum absolute atomic E-state index is 13.0. The van der Waals surface area contributed by atoms with Crippen molar-refractivity contribution in [2.45, 2.75) is 19.8 Å². The smallest absolute Gasteiger partial charge is 0.395 e. The van der Waals surface area contributed by atoms with Gasteiger partial charge in [-0.15, -0.1) is 0 Å². The largest absolute Gasteiger partial charge is 0.587 e. The zero-order chi connectivity index (χ0) is 17.3. The molecule has 0 aliphatic heterocycles. The first kappa shape index (κ1) is 18.2. The van der Waals surface area contributed by atoms with E-state index in [-0.39, 0.29) is 12.5 Å². The van der Waals surface area contributed by atoms with Crippen molar-refractivity contribution in [1.82, 2.24) is 0 Å². The molecule has 0 bridgehead atoms. The molecule has 0 heterocycles. The summed E-state index contributed by atoms with van der Waals surface area (Å²) in [5.41, 5.74) is 0. The van der Waals surface area contributed by atoms with E-state index < -0.39 is 7.82 Å². The predicted molar refractivity (Wildman–Crippen MR) is 92.2 cm³/mol. The first-order valence-corrected chi connectivity index (χ1v) is 9.28. The van der Waals surface area contributed by atoms with E-state index >= 15 is 0 Å². The van der Waals surface area contributed by atoms with Crippen molar-refractivity contribution in [3.8, 4) is 11.5 Å². The summed E-state index contributed by atoms with van der Waals surface area (Å²) in [5, 5.41) is 0. The summed E-state index contributed by atoms with van der Waals surface area (Å²) in [7, 11) is -3.87. The maximum Gasteiger partial charge on any atom is 0.587 e. The Morgan fingerprint density at radius 2 is 1.46 bits per heavy atom. The second-order valence-electron chi connectivity index (χ2n) is 5.23. The summed E-state index contributed by atoms with van der Waals surface area (Å²) in [6.45, 7) is 2.06. The van der Waals surface area contributed by atoms with Crippen molar-refractivity contribution in [2.75, 3.05) is 6.61 Å². The molecule has 0 aliphatic carbocycles. The molecule has 0 aliphatic rings. The Balaban J connectivity index is 2.13. The molecule has 1 atom stereocenters. The summed E-state index contributed by atoms with van der Waals surface area (Å²) < 4.78 is 29.5. The van der Waals surface area contributed by atoms with Gasteiger partial charge in [-0.2, -0.15) is 0 Å². The molecule has 0 radical (unpaired) electrons. The van der Waals surface area contributed by atoms with Gasteiger partial charge in [-0.1, -0.05) is 49.7 Å². The average Bonchev–Trinajstić information content (AvgIpc) is 2.60. The van der Waals surface area contributed by atoms with Gasteiger partial charge < -0.3 is 13.8 Å². The van der Waals surface area contributed by atoms with Crippen LogP contribution in [-0.4, -0.2) is 12.9 Å². The van der Waals surface area contributed by atoms with Crippen LogP contribution in [-0.2, 0) is 13.9 Å². The summed E-state index contributed by atoms with van der Waals surface area (Å²) in [6, 6.07) is 17.4. The zero-order valence-corrected chi connectivity index (χ0v) is 14.4. The third-order valence-corrected chi connectivity index (χ3v) is 4.73. The molecule has 0 aromatic heterocycles. The molecule has 6 heteroatoms. The van der Waals surface area contributed by atoms with Gasteiger partial charge in [-0.3, -0.25) is 4.52 Å². The average molecular weight is 348 g/mol. The van der Waals surface area contributed by atoms with Crippen LogP contribution in [0.1, 0.15) is 19.8 Å². The third kappa shape index (κ3) is 5.84. The monoisotopic (exact) mass is 348 g/mol. The molecule has 2 aromatic rings. The van der Waals surface area contributed by atoms with E-state index in [1.807, 2.05) is 19.1 Å². The number of benzene rings is 2. The minimum absolute atomic E-state index is 0.0328. The van der Waals surface area contributed by atoms with Crippen LogP contribution in [0, 0.1) is 5.92 Å². The molecule has 0 saturated carbocycles. The van der Waals surface area contributed by atoms with E-state index in [4.69, 9.17) is 13.6 Å². The number of phosphoric acid groups is 1. The number of hydrogen-bond acceptors (Lipinski definition) is 5. The minimum Gasteiger partial charge on any atom is -0.395 e. The van der Waals surface area contributed by atoms with Crippen LogP contribution < -0.4 is 9.05 Å². The second kappa shape index (κ2) is 9.26. The van der Waals surface area contributed by atoms with Gasteiger partial charge in [-0.25, -0.2) is 4.57 Å². The summed E-state index contributed by atoms with van der Waals surface area (Å²) >= 11 is 0. The molecule has 0 amide bonds. The van der Waals surface area contributed by atoms with E-state index in [9.17, 15) is 9.36 Å². The lowest BCUT2D eigenvalue weighted by Crippen LogP contribution is -2.12. The molecular formula is C18H21O5P. The Morgan fingerprint density at radius 3 is 1.88 bits per heavy atom. The van der Waals surface area contributed by atoms with Crippen LogP contribution in [0.5, 0.6) is 11.5 Å². The fraction of sp³-hybridized carbons (Fsp3) is 0.278. The van der Waals surface area contributed by atoms with Crippen LogP contribution in [0.3, 0.4) is 0 Å². The van der Waals surface area contributed by atoms with Crippen LogP contribution in [0.2, 0.25) is 0 Å². The number of para-hydroxylation sites is 2. The van der Waals surface area contributed by atoms with E-state index in [0.717, 1.165) is 12.7 Å². The van der Waals surface area contributed by atoms with Crippen molar-refractivity contribution in [1.29, 1.82) is 0 Å². The highest BCUT2D eigenvalue weighted by atomic mass is 31.2. The molecule has 2 aromatic carbocycles. The van der Waals surface area contributed by atoms with E-state index in [0.29, 0.717) is 17.9 Å². The number of hydrogen-bond donors (Lipinski definition) is 0. The molecule has 0 saturated heterocycles. The topological polar surface area (TPSA) is 61.8 Å². The Hall–Kier alpha value is -2.10. The van der Waals surface area contributed by atoms with E-state index in [1.54, 1.807) is 48.5 Å². The van der Waals surface area contributed by atoms with Crippen LogP contribution in [0.25, 0.3) is 0 Å². The highest BCUT2D eigenvalue weighted by Crippen LogP contribution is 2.50. The normalized spacial score (nSPS) is 12.4. The third-order valence-electron chi connectivity index (χ3n) is 3.40. The fourth-order valence-corrected chi connectivity index (χ4v) is 3.27. The number of carbonyl (C=O) groups is 1. The van der Waals surface area contributed by atoms with Crippen LogP contribution in [0.15, 0.2) is 60.7 Å². The SMILES string of the molecule is CCC(CC=O)COP(=O)(Oc1ccccc1)Oc1ccccc1. The molecule has 1 unspecified atom stereocenters. The van der Waals surface area contributed by atoms with Gasteiger partial charge in [-0.05, 0) is 30.2 Å². The first-order chi connectivity index (χ1) is 11.6. The Bertz CT molecular complexity index is 614. The molecule has 128 valence electrons. The highest BCUT2D eigenvalue weighted by molar-refractivity contribution is 7.49. The first-order valence-electron chi connectivity index (χ1n) is 7.82. The lowest BCUT2D eigenvalue weighted by Gasteiger charge is -2.21. The van der Waals surface area contributed by atoms with Crippen molar-refractivity contribution in [3.05, 3.63) is 60.7 Å². The van der Waals surface area contributed by atoms with Crippen molar-refractivity contribution in [3.63, 3.8) is 0 Å². The van der Waals surface area contributed by atoms with Gasteiger partial charge in [0.15, 0.2) is 0 Å². The van der Waals surface area contributed by atoms with Gasteiger partial charge in [0.2, 0.25) is 0 Å². The van der Waals surface area contributed by atoms with Crippen molar-refractivity contribution < 1.29 is 22.9 Å². The second-order valence-corrected chi connectivity index (χ2v) is 6.75. The summed E-state index contributed by atoms with van der Waals surface area (Å²) in [5.74, 6) is 0.745. The molecule has 0 N–H and O–H groups in total. The fourth-order valence-electron chi connectivity index (χ4n) is 1.98. The predicted octanol–water partition coefficient (Wildman–Crippen LogP) is 4.88. The molecule has 5 nitrogen and oxygen atoms in total. The molecule has 2 rings (SSSR count). The minimum atomic E-state index is -3.87. The van der Waals surface area contributed by atoms with Crippen LogP contribution >= 0.6 is 7.82 Å². The van der Waals surface area contributed by atoms with E-state index in [1.165, 1.54) is 0 Å². The van der Waals surface area contributed by atoms with Gasteiger partial charge in [0.05, 0.1) is 6.61 Å². The summed E-state index contributed by atoms with van der Waals surface area (Å²) in [4.78, 5) is 10.7. The number of rotatable bonds is 10. The van der Waals surface area contributed by atoms with Gasteiger partial charge in [0.25, 0.3) is 0 Å². The number of carbonyl (C=O) groups excluding carboxylic acids is 1. The number of aldehydes is 1. The molecule has 0 fully saturated rings. The van der Waals surface area contributed by atoms with Crippen LogP contribution in [0.4, 0.5) is 0 Å². The van der Waals surface area contributed by atoms with Gasteiger partial charge in [0.1, 0.15) is 17.8 Å². The van der Waals surface area contributed by atoms with E-state index in [2.05, 4.69) is 0 Å². The quantitative estimate of drug-likeness (QED) is 0.452. The Kier molecular flexibility index (Phi) is 7.04. The summed E-state index contributed by atoms with van der Waals surface area (Å²) in [6.07, 6.45) is 1.90. The Labute approximate surface area is 142 Å². The lowest BCUT2D eigenvalue weighted by molar-refractivity contribution is -0.108. The maximum atomic E-state index is 13.0.